The molecule has 0 spiro atoms. The fraction of sp³-hybridized carbons (Fsp3) is 0.462. The van der Waals surface area contributed by atoms with Crippen molar-refractivity contribution in [2.75, 3.05) is 0 Å². The summed E-state index contributed by atoms with van der Waals surface area (Å²) in [5.41, 5.74) is 2.14. The Morgan fingerprint density at radius 1 is 1.50 bits per heavy atom. The number of aliphatic hydroxyl groups is 1. The van der Waals surface area contributed by atoms with Gasteiger partial charge in [0.15, 0.2) is 0 Å². The summed E-state index contributed by atoms with van der Waals surface area (Å²) >= 11 is 5.19. The third-order valence-electron chi connectivity index (χ3n) is 2.95. The van der Waals surface area contributed by atoms with E-state index in [0.29, 0.717) is 6.42 Å². The summed E-state index contributed by atoms with van der Waals surface area (Å²) in [4.78, 5) is 1.00. The van der Waals surface area contributed by atoms with E-state index in [0.717, 1.165) is 33.7 Å². The lowest BCUT2D eigenvalue weighted by atomic mass is 10.1. The van der Waals surface area contributed by atoms with Crippen LogP contribution in [0.4, 0.5) is 0 Å². The highest BCUT2D eigenvalue weighted by atomic mass is 79.9. The first-order chi connectivity index (χ1) is 8.67. The molecule has 2 heterocycles. The monoisotopic (exact) mass is 328 g/mol. The van der Waals surface area contributed by atoms with Gasteiger partial charge in [0.1, 0.15) is 0 Å². The van der Waals surface area contributed by atoms with Crippen LogP contribution in [0.3, 0.4) is 0 Å². The molecule has 2 aromatic rings. The molecule has 0 aromatic carbocycles. The summed E-state index contributed by atoms with van der Waals surface area (Å²) in [5, 5.41) is 16.8. The van der Waals surface area contributed by atoms with Gasteiger partial charge in [-0.25, -0.2) is 0 Å². The second kappa shape index (κ2) is 5.99. The first-order valence-electron chi connectivity index (χ1n) is 6.12. The van der Waals surface area contributed by atoms with E-state index < -0.39 is 6.10 Å². The molecule has 5 heteroatoms. The van der Waals surface area contributed by atoms with Crippen molar-refractivity contribution in [3.63, 3.8) is 0 Å². The number of nitrogens with zero attached hydrogens (tertiary/aromatic N) is 2. The van der Waals surface area contributed by atoms with Gasteiger partial charge < -0.3 is 5.11 Å². The number of hydrogen-bond acceptors (Lipinski definition) is 3. The molecule has 0 saturated carbocycles. The van der Waals surface area contributed by atoms with E-state index in [9.17, 15) is 5.11 Å². The first-order valence-corrected chi connectivity index (χ1v) is 7.80. The van der Waals surface area contributed by atoms with Crippen LogP contribution in [0, 0.1) is 0 Å². The quantitative estimate of drug-likeness (QED) is 0.911. The van der Waals surface area contributed by atoms with Crippen LogP contribution >= 0.6 is 27.3 Å². The lowest BCUT2D eigenvalue weighted by Crippen LogP contribution is -2.08. The molecular formula is C13H17BrN2OS. The third kappa shape index (κ3) is 2.68. The zero-order valence-corrected chi connectivity index (χ0v) is 13.0. The number of aliphatic hydroxyl groups excluding tert-OH is 1. The Morgan fingerprint density at radius 2 is 2.28 bits per heavy atom. The SMILES string of the molecule is CCc1nn(CC)c(CC(O)c2cccs2)c1Br. The average molecular weight is 329 g/mol. The molecule has 2 aromatic heterocycles. The van der Waals surface area contributed by atoms with E-state index >= 15 is 0 Å². The zero-order valence-electron chi connectivity index (χ0n) is 10.6. The summed E-state index contributed by atoms with van der Waals surface area (Å²) in [5.74, 6) is 0. The molecule has 0 fully saturated rings. The first kappa shape index (κ1) is 13.8. The Kier molecular flexibility index (Phi) is 4.59. The topological polar surface area (TPSA) is 38.0 Å². The minimum absolute atomic E-state index is 0.451. The maximum absolute atomic E-state index is 10.2. The van der Waals surface area contributed by atoms with Crippen molar-refractivity contribution >= 4 is 27.3 Å². The van der Waals surface area contributed by atoms with Crippen LogP contribution in [0.25, 0.3) is 0 Å². The van der Waals surface area contributed by atoms with Gasteiger partial charge in [-0.05, 0) is 40.7 Å². The third-order valence-corrected chi connectivity index (χ3v) is 4.84. The van der Waals surface area contributed by atoms with Crippen LogP contribution in [0.1, 0.15) is 36.2 Å². The molecule has 0 bridgehead atoms. The van der Waals surface area contributed by atoms with E-state index in [-0.39, 0.29) is 0 Å². The van der Waals surface area contributed by atoms with E-state index in [1.807, 2.05) is 22.2 Å². The molecular weight excluding hydrogens is 312 g/mol. The lowest BCUT2D eigenvalue weighted by molar-refractivity contribution is 0.179. The van der Waals surface area contributed by atoms with Crippen molar-refractivity contribution in [3.05, 3.63) is 38.3 Å². The van der Waals surface area contributed by atoms with Crippen molar-refractivity contribution < 1.29 is 5.11 Å². The molecule has 1 atom stereocenters. The second-order valence-corrected chi connectivity index (χ2v) is 5.88. The summed E-state index contributed by atoms with van der Waals surface area (Å²) < 4.78 is 3.02. The predicted molar refractivity (Wildman–Crippen MR) is 78.0 cm³/mol. The Bertz CT molecular complexity index is 507. The van der Waals surface area contributed by atoms with Gasteiger partial charge in [0.05, 0.1) is 22.0 Å². The average Bonchev–Trinajstić information content (AvgIpc) is 2.99. The van der Waals surface area contributed by atoms with E-state index in [2.05, 4.69) is 34.9 Å². The predicted octanol–water partition coefficient (Wildman–Crippen LogP) is 3.57. The minimum atomic E-state index is -0.451. The van der Waals surface area contributed by atoms with Gasteiger partial charge in [0.2, 0.25) is 0 Å². The number of rotatable bonds is 5. The Hall–Kier alpha value is -0.650. The van der Waals surface area contributed by atoms with Crippen molar-refractivity contribution in [2.45, 2.75) is 39.3 Å². The van der Waals surface area contributed by atoms with Crippen LogP contribution in [0.2, 0.25) is 0 Å². The lowest BCUT2D eigenvalue weighted by Gasteiger charge is -2.10. The summed E-state index contributed by atoms with van der Waals surface area (Å²) in [7, 11) is 0. The van der Waals surface area contributed by atoms with Crippen molar-refractivity contribution in [2.24, 2.45) is 0 Å². The molecule has 0 amide bonds. The Morgan fingerprint density at radius 3 is 2.83 bits per heavy atom. The van der Waals surface area contributed by atoms with E-state index in [4.69, 9.17) is 0 Å². The number of halogens is 1. The molecule has 0 aliphatic heterocycles. The minimum Gasteiger partial charge on any atom is -0.387 e. The highest BCUT2D eigenvalue weighted by molar-refractivity contribution is 9.10. The molecule has 3 nitrogen and oxygen atoms in total. The van der Waals surface area contributed by atoms with Gasteiger partial charge in [-0.3, -0.25) is 4.68 Å². The number of thiophene rings is 1. The molecule has 1 unspecified atom stereocenters. The van der Waals surface area contributed by atoms with Gasteiger partial charge >= 0.3 is 0 Å². The second-order valence-electron chi connectivity index (χ2n) is 4.11. The van der Waals surface area contributed by atoms with Gasteiger partial charge in [0, 0.05) is 17.8 Å². The van der Waals surface area contributed by atoms with Crippen molar-refractivity contribution in [3.8, 4) is 0 Å². The molecule has 0 aliphatic carbocycles. The van der Waals surface area contributed by atoms with Crippen LogP contribution in [0.5, 0.6) is 0 Å². The maximum Gasteiger partial charge on any atom is 0.0937 e. The molecule has 1 N–H and O–H groups in total. The van der Waals surface area contributed by atoms with Gasteiger partial charge in [0.25, 0.3) is 0 Å². The molecule has 0 aliphatic rings. The van der Waals surface area contributed by atoms with E-state index in [1.54, 1.807) is 11.3 Å². The van der Waals surface area contributed by atoms with Crippen LogP contribution < -0.4 is 0 Å². The van der Waals surface area contributed by atoms with Crippen LogP contribution in [-0.2, 0) is 19.4 Å². The highest BCUT2D eigenvalue weighted by Crippen LogP contribution is 2.28. The van der Waals surface area contributed by atoms with Crippen LogP contribution in [-0.4, -0.2) is 14.9 Å². The summed E-state index contributed by atoms with van der Waals surface area (Å²) in [6.07, 6.45) is 1.05. The van der Waals surface area contributed by atoms with Gasteiger partial charge in [-0.2, -0.15) is 5.10 Å². The molecule has 0 radical (unpaired) electrons. The van der Waals surface area contributed by atoms with Crippen LogP contribution in [0.15, 0.2) is 22.0 Å². The van der Waals surface area contributed by atoms with E-state index in [1.165, 1.54) is 0 Å². The molecule has 98 valence electrons. The molecule has 0 saturated heterocycles. The summed E-state index contributed by atoms with van der Waals surface area (Å²) in [6, 6.07) is 3.93. The number of aryl methyl sites for hydroxylation is 2. The smallest absolute Gasteiger partial charge is 0.0937 e. The van der Waals surface area contributed by atoms with Crippen molar-refractivity contribution in [1.29, 1.82) is 0 Å². The zero-order chi connectivity index (χ0) is 13.1. The highest BCUT2D eigenvalue weighted by Gasteiger charge is 2.18. The molecule has 2 rings (SSSR count). The number of aromatic nitrogens is 2. The Balaban J connectivity index is 2.25. The maximum atomic E-state index is 10.2. The van der Waals surface area contributed by atoms with Gasteiger partial charge in [-0.15, -0.1) is 11.3 Å². The fourth-order valence-electron chi connectivity index (χ4n) is 1.98. The normalized spacial score (nSPS) is 12.9. The van der Waals surface area contributed by atoms with Gasteiger partial charge in [-0.1, -0.05) is 13.0 Å². The Labute approximate surface area is 120 Å². The molecule has 18 heavy (non-hydrogen) atoms. The standard InChI is InChI=1S/C13H17BrN2OS/c1-3-9-13(14)10(16(4-2)15-9)8-11(17)12-6-5-7-18-12/h5-7,11,17H,3-4,8H2,1-2H3. The largest absolute Gasteiger partial charge is 0.387 e. The fourth-order valence-corrected chi connectivity index (χ4v) is 3.41. The summed E-state index contributed by atoms with van der Waals surface area (Å²) in [6.45, 7) is 4.98. The number of hydrogen-bond donors (Lipinski definition) is 1. The van der Waals surface area contributed by atoms with Crippen molar-refractivity contribution in [1.82, 2.24) is 9.78 Å².